The Bertz CT molecular complexity index is 763. The number of carboxylic acids is 1. The smallest absolute Gasteiger partial charge is 0.305 e. The highest BCUT2D eigenvalue weighted by atomic mass is 19.1. The Morgan fingerprint density at radius 3 is 2.48 bits per heavy atom. The number of rotatable bonds is 7. The van der Waals surface area contributed by atoms with Crippen LogP contribution >= 0.6 is 0 Å². The van der Waals surface area contributed by atoms with Crippen molar-refractivity contribution in [2.45, 2.75) is 31.9 Å². The molecule has 6 heteroatoms. The maximum Gasteiger partial charge on any atom is 0.305 e. The normalized spacial score (nSPS) is 13.1. The molecule has 2 atom stereocenters. The number of nitrogens with one attached hydrogen (secondary N) is 1. The van der Waals surface area contributed by atoms with Crippen molar-refractivity contribution < 1.29 is 24.2 Å². The average Bonchev–Trinajstić information content (AvgIpc) is 2.54. The summed E-state index contributed by atoms with van der Waals surface area (Å²) in [4.78, 5) is 23.3. The summed E-state index contributed by atoms with van der Waals surface area (Å²) in [6.07, 6.45) is -1.73. The standard InChI is InChI=1S/C19H20FNO4/c1-12-5-2-3-8-15(12)16(10-19(24)25)21-18(23)11-17(22)13-6-4-7-14(20)9-13/h2-9,16-17,22H,10-11H2,1H3,(H,21,23)(H,24,25). The highest BCUT2D eigenvalue weighted by molar-refractivity contribution is 5.78. The summed E-state index contributed by atoms with van der Waals surface area (Å²) in [5, 5.41) is 21.8. The van der Waals surface area contributed by atoms with Crippen molar-refractivity contribution in [3.05, 3.63) is 71.0 Å². The van der Waals surface area contributed by atoms with E-state index in [1.807, 2.05) is 19.1 Å². The van der Waals surface area contributed by atoms with Crippen molar-refractivity contribution in [3.8, 4) is 0 Å². The van der Waals surface area contributed by atoms with Crippen molar-refractivity contribution in [3.63, 3.8) is 0 Å². The lowest BCUT2D eigenvalue weighted by Crippen LogP contribution is -2.31. The first-order valence-electron chi connectivity index (χ1n) is 7.87. The zero-order valence-corrected chi connectivity index (χ0v) is 13.8. The third-order valence-electron chi connectivity index (χ3n) is 3.89. The summed E-state index contributed by atoms with van der Waals surface area (Å²) in [7, 11) is 0. The predicted molar refractivity (Wildman–Crippen MR) is 90.3 cm³/mol. The molecule has 0 heterocycles. The Balaban J connectivity index is 2.09. The van der Waals surface area contributed by atoms with Gasteiger partial charge in [-0.2, -0.15) is 0 Å². The van der Waals surface area contributed by atoms with Crippen LogP contribution in [0.5, 0.6) is 0 Å². The topological polar surface area (TPSA) is 86.6 Å². The number of aliphatic hydroxyl groups excluding tert-OH is 1. The first-order valence-corrected chi connectivity index (χ1v) is 7.87. The summed E-state index contributed by atoms with van der Waals surface area (Å²) >= 11 is 0. The lowest BCUT2D eigenvalue weighted by atomic mass is 9.98. The first kappa shape index (κ1) is 18.6. The van der Waals surface area contributed by atoms with Crippen LogP contribution in [0.3, 0.4) is 0 Å². The van der Waals surface area contributed by atoms with Crippen molar-refractivity contribution in [2.75, 3.05) is 0 Å². The quantitative estimate of drug-likeness (QED) is 0.720. The third-order valence-corrected chi connectivity index (χ3v) is 3.89. The van der Waals surface area contributed by atoms with Gasteiger partial charge in [0.2, 0.25) is 5.91 Å². The van der Waals surface area contributed by atoms with Crippen LogP contribution in [0.2, 0.25) is 0 Å². The van der Waals surface area contributed by atoms with Crippen LogP contribution in [0.4, 0.5) is 4.39 Å². The van der Waals surface area contributed by atoms with E-state index >= 15 is 0 Å². The second kappa shape index (κ2) is 8.39. The third kappa shape index (κ3) is 5.39. The molecule has 0 aliphatic heterocycles. The maximum atomic E-state index is 13.2. The van der Waals surface area contributed by atoms with E-state index in [9.17, 15) is 19.1 Å². The molecule has 1 amide bonds. The lowest BCUT2D eigenvalue weighted by molar-refractivity contribution is -0.137. The van der Waals surface area contributed by atoms with E-state index in [-0.39, 0.29) is 12.8 Å². The fourth-order valence-corrected chi connectivity index (χ4v) is 2.65. The van der Waals surface area contributed by atoms with Gasteiger partial charge in [-0.25, -0.2) is 4.39 Å². The number of benzene rings is 2. The van der Waals surface area contributed by atoms with Crippen molar-refractivity contribution in [1.29, 1.82) is 0 Å². The van der Waals surface area contributed by atoms with E-state index in [0.717, 1.165) is 11.6 Å². The molecule has 2 unspecified atom stereocenters. The van der Waals surface area contributed by atoms with E-state index in [2.05, 4.69) is 5.32 Å². The molecule has 3 N–H and O–H groups in total. The Labute approximate surface area is 145 Å². The van der Waals surface area contributed by atoms with Gasteiger partial charge in [-0.3, -0.25) is 9.59 Å². The van der Waals surface area contributed by atoms with Crippen molar-refractivity contribution in [2.24, 2.45) is 0 Å². The Kier molecular flexibility index (Phi) is 6.25. The molecular weight excluding hydrogens is 325 g/mol. The molecule has 2 rings (SSSR count). The molecule has 0 aliphatic rings. The van der Waals surface area contributed by atoms with Crippen molar-refractivity contribution >= 4 is 11.9 Å². The van der Waals surface area contributed by atoms with Gasteiger partial charge in [0.25, 0.3) is 0 Å². The van der Waals surface area contributed by atoms with Crippen LogP contribution in [0.1, 0.15) is 41.7 Å². The van der Waals surface area contributed by atoms with Crippen LogP contribution in [-0.4, -0.2) is 22.1 Å². The molecule has 0 aliphatic carbocycles. The molecule has 132 valence electrons. The van der Waals surface area contributed by atoms with E-state index in [1.54, 1.807) is 12.1 Å². The maximum absolute atomic E-state index is 13.2. The minimum atomic E-state index is -1.17. The highest BCUT2D eigenvalue weighted by Crippen LogP contribution is 2.22. The first-order chi connectivity index (χ1) is 11.9. The molecule has 0 aromatic heterocycles. The number of amides is 1. The minimum absolute atomic E-state index is 0.271. The van der Waals surface area contributed by atoms with Crippen LogP contribution in [0, 0.1) is 12.7 Å². The van der Waals surface area contributed by atoms with Gasteiger partial charge in [-0.15, -0.1) is 0 Å². The molecule has 0 fully saturated rings. The molecule has 0 radical (unpaired) electrons. The van der Waals surface area contributed by atoms with Gasteiger partial charge in [0, 0.05) is 0 Å². The summed E-state index contributed by atoms with van der Waals surface area (Å²) in [6.45, 7) is 1.83. The molecule has 2 aromatic carbocycles. The monoisotopic (exact) mass is 345 g/mol. The fraction of sp³-hybridized carbons (Fsp3) is 0.263. The fourth-order valence-electron chi connectivity index (χ4n) is 2.65. The van der Waals surface area contributed by atoms with E-state index < -0.39 is 29.8 Å². The summed E-state index contributed by atoms with van der Waals surface area (Å²) in [5.74, 6) is -2.05. The van der Waals surface area contributed by atoms with Gasteiger partial charge in [0.15, 0.2) is 0 Å². The second-order valence-corrected chi connectivity index (χ2v) is 5.85. The number of aliphatic carboxylic acids is 1. The molecule has 0 bridgehead atoms. The molecular formula is C19H20FNO4. The molecule has 5 nitrogen and oxygen atoms in total. The van der Waals surface area contributed by atoms with Crippen LogP contribution in [0.25, 0.3) is 0 Å². The largest absolute Gasteiger partial charge is 0.481 e. The Morgan fingerprint density at radius 1 is 1.12 bits per heavy atom. The Morgan fingerprint density at radius 2 is 1.84 bits per heavy atom. The van der Waals surface area contributed by atoms with Crippen molar-refractivity contribution in [1.82, 2.24) is 5.32 Å². The van der Waals surface area contributed by atoms with Gasteiger partial charge in [0.1, 0.15) is 5.82 Å². The molecule has 0 spiro atoms. The number of aryl methyl sites for hydroxylation is 1. The number of hydrogen-bond donors (Lipinski definition) is 3. The number of aliphatic hydroxyl groups is 1. The second-order valence-electron chi connectivity index (χ2n) is 5.85. The van der Waals surface area contributed by atoms with E-state index in [0.29, 0.717) is 11.1 Å². The lowest BCUT2D eigenvalue weighted by Gasteiger charge is -2.20. The molecule has 0 saturated heterocycles. The molecule has 2 aromatic rings. The summed E-state index contributed by atoms with van der Waals surface area (Å²) in [5.41, 5.74) is 1.86. The average molecular weight is 345 g/mol. The van der Waals surface area contributed by atoms with Gasteiger partial charge in [0.05, 0.1) is 25.0 Å². The minimum Gasteiger partial charge on any atom is -0.481 e. The zero-order chi connectivity index (χ0) is 18.4. The summed E-state index contributed by atoms with van der Waals surface area (Å²) < 4.78 is 13.2. The predicted octanol–water partition coefficient (Wildman–Crippen LogP) is 2.89. The number of carbonyl (C=O) groups is 2. The van der Waals surface area contributed by atoms with E-state index in [1.165, 1.54) is 18.2 Å². The number of hydrogen-bond acceptors (Lipinski definition) is 3. The van der Waals surface area contributed by atoms with Gasteiger partial charge >= 0.3 is 5.97 Å². The SMILES string of the molecule is Cc1ccccc1C(CC(=O)O)NC(=O)CC(O)c1cccc(F)c1. The van der Waals surface area contributed by atoms with Crippen LogP contribution < -0.4 is 5.32 Å². The zero-order valence-electron chi connectivity index (χ0n) is 13.8. The number of halogens is 1. The molecule has 25 heavy (non-hydrogen) atoms. The summed E-state index contributed by atoms with van der Waals surface area (Å²) in [6, 6.07) is 11.9. The van der Waals surface area contributed by atoms with Crippen LogP contribution in [0.15, 0.2) is 48.5 Å². The van der Waals surface area contributed by atoms with Gasteiger partial charge in [-0.05, 0) is 35.7 Å². The number of carboxylic acid groups (broad SMARTS) is 1. The van der Waals surface area contributed by atoms with Crippen LogP contribution in [-0.2, 0) is 9.59 Å². The van der Waals surface area contributed by atoms with Gasteiger partial charge < -0.3 is 15.5 Å². The Hall–Kier alpha value is -2.73. The molecule has 0 saturated carbocycles. The number of carbonyl (C=O) groups excluding carboxylic acids is 1. The van der Waals surface area contributed by atoms with Gasteiger partial charge in [-0.1, -0.05) is 36.4 Å². The highest BCUT2D eigenvalue weighted by Gasteiger charge is 2.21. The van der Waals surface area contributed by atoms with E-state index in [4.69, 9.17) is 5.11 Å².